The van der Waals surface area contributed by atoms with Gasteiger partial charge in [0.15, 0.2) is 0 Å². The van der Waals surface area contributed by atoms with E-state index in [1.54, 1.807) is 30.0 Å². The summed E-state index contributed by atoms with van der Waals surface area (Å²) in [4.78, 5) is 45.4. The van der Waals surface area contributed by atoms with Gasteiger partial charge in [0.25, 0.3) is 0 Å². The van der Waals surface area contributed by atoms with E-state index in [-0.39, 0.29) is 35.5 Å². The molecule has 1 N–H and O–H groups in total. The van der Waals surface area contributed by atoms with E-state index in [0.29, 0.717) is 54.6 Å². The number of carbonyl (C=O) groups excluding carboxylic acids is 3. The van der Waals surface area contributed by atoms with Crippen molar-refractivity contribution in [3.8, 4) is 0 Å². The molecule has 0 spiro atoms. The van der Waals surface area contributed by atoms with E-state index in [0.717, 1.165) is 25.7 Å². The molecule has 1 saturated carbocycles. The normalized spacial score (nSPS) is 23.4. The van der Waals surface area contributed by atoms with Gasteiger partial charge < -0.3 is 15.0 Å². The highest BCUT2D eigenvalue weighted by atomic mass is 35.5. The molecular formula is C27H36Cl2N4O4. The van der Waals surface area contributed by atoms with Crippen LogP contribution in [0.5, 0.6) is 0 Å². The fourth-order valence-corrected chi connectivity index (χ4v) is 6.17. The minimum atomic E-state index is -0.793. The zero-order valence-electron chi connectivity index (χ0n) is 21.8. The zero-order valence-corrected chi connectivity index (χ0v) is 23.3. The van der Waals surface area contributed by atoms with E-state index in [4.69, 9.17) is 27.9 Å². The highest BCUT2D eigenvalue weighted by Crippen LogP contribution is 2.38. The maximum Gasteiger partial charge on any atom is 0.338 e. The Morgan fingerprint density at radius 2 is 1.86 bits per heavy atom. The standard InChI is InChI=1S/C27H36Cl2N4O4/c1-4-32-21(16-31-13-14-33(17(3)15-31)25(34)18-9-6-7-10-18)22(26(35)37-5-2)24(30-27(32)36)19-11-8-12-20(28)23(19)29/h8,11-12,17-18,24H,4-7,9-10,13-16H2,1-3H3,(H,30,36)/t17-,24-/m1/s1. The van der Waals surface area contributed by atoms with Gasteiger partial charge in [0.1, 0.15) is 0 Å². The van der Waals surface area contributed by atoms with Crippen LogP contribution >= 0.6 is 23.2 Å². The lowest BCUT2D eigenvalue weighted by Crippen LogP contribution is -2.57. The topological polar surface area (TPSA) is 82.2 Å². The van der Waals surface area contributed by atoms with Crippen molar-refractivity contribution < 1.29 is 19.1 Å². The number of carbonyl (C=O) groups is 3. The van der Waals surface area contributed by atoms with Crippen LogP contribution in [0, 0.1) is 5.92 Å². The molecule has 37 heavy (non-hydrogen) atoms. The van der Waals surface area contributed by atoms with Gasteiger partial charge >= 0.3 is 12.0 Å². The van der Waals surface area contributed by atoms with Crippen LogP contribution in [0.15, 0.2) is 29.5 Å². The second-order valence-electron chi connectivity index (χ2n) is 9.95. The number of nitrogens with one attached hydrogen (secondary N) is 1. The highest BCUT2D eigenvalue weighted by Gasteiger charge is 2.40. The van der Waals surface area contributed by atoms with Gasteiger partial charge in [0, 0.05) is 50.4 Å². The van der Waals surface area contributed by atoms with Gasteiger partial charge in [-0.3, -0.25) is 14.6 Å². The Morgan fingerprint density at radius 1 is 1.14 bits per heavy atom. The van der Waals surface area contributed by atoms with Crippen molar-refractivity contribution in [2.75, 3.05) is 39.3 Å². The minimum Gasteiger partial charge on any atom is -0.463 e. The first-order valence-electron chi connectivity index (χ1n) is 13.2. The Labute approximate surface area is 228 Å². The van der Waals surface area contributed by atoms with Crippen LogP contribution in [0.1, 0.15) is 58.1 Å². The molecule has 3 aliphatic rings. The molecule has 1 saturated heterocycles. The number of hydrogen-bond acceptors (Lipinski definition) is 5. The highest BCUT2D eigenvalue weighted by molar-refractivity contribution is 6.42. The van der Waals surface area contributed by atoms with E-state index < -0.39 is 12.0 Å². The molecule has 2 atom stereocenters. The molecule has 8 nitrogen and oxygen atoms in total. The molecule has 4 rings (SSSR count). The summed E-state index contributed by atoms with van der Waals surface area (Å²) in [5.74, 6) is -0.0907. The summed E-state index contributed by atoms with van der Waals surface area (Å²) in [6.45, 7) is 8.58. The monoisotopic (exact) mass is 550 g/mol. The van der Waals surface area contributed by atoms with E-state index in [1.165, 1.54) is 0 Å². The van der Waals surface area contributed by atoms with E-state index in [1.807, 2.05) is 11.8 Å². The number of benzene rings is 1. The van der Waals surface area contributed by atoms with Crippen LogP contribution in [-0.4, -0.2) is 78.0 Å². The van der Waals surface area contributed by atoms with Gasteiger partial charge in [-0.05, 0) is 45.2 Å². The number of esters is 1. The van der Waals surface area contributed by atoms with Gasteiger partial charge in [-0.2, -0.15) is 0 Å². The van der Waals surface area contributed by atoms with Crippen molar-refractivity contribution in [1.29, 1.82) is 0 Å². The van der Waals surface area contributed by atoms with E-state index in [2.05, 4.69) is 17.1 Å². The van der Waals surface area contributed by atoms with Crippen molar-refractivity contribution in [1.82, 2.24) is 20.0 Å². The van der Waals surface area contributed by atoms with Crippen molar-refractivity contribution >= 4 is 41.1 Å². The molecule has 2 heterocycles. The number of piperazine rings is 1. The summed E-state index contributed by atoms with van der Waals surface area (Å²) in [5.41, 5.74) is 1.48. The number of nitrogens with zero attached hydrogens (tertiary/aromatic N) is 3. The third-order valence-corrected chi connectivity index (χ3v) is 8.45. The van der Waals surface area contributed by atoms with E-state index >= 15 is 0 Å². The Balaban J connectivity index is 1.65. The predicted molar refractivity (Wildman–Crippen MR) is 143 cm³/mol. The number of rotatable bonds is 7. The molecule has 3 amide bonds. The van der Waals surface area contributed by atoms with Crippen molar-refractivity contribution in [2.24, 2.45) is 5.92 Å². The lowest BCUT2D eigenvalue weighted by atomic mass is 9.93. The minimum absolute atomic E-state index is 0.0409. The number of halogens is 2. The molecule has 0 aromatic heterocycles. The molecule has 1 aromatic rings. The van der Waals surface area contributed by atoms with Gasteiger partial charge in [-0.1, -0.05) is 48.2 Å². The number of amides is 3. The van der Waals surface area contributed by atoms with Crippen LogP contribution in [0.25, 0.3) is 0 Å². The third-order valence-electron chi connectivity index (χ3n) is 7.61. The second-order valence-corrected chi connectivity index (χ2v) is 10.7. The van der Waals surface area contributed by atoms with Crippen LogP contribution in [0.3, 0.4) is 0 Å². The number of likely N-dealkylation sites (N-methyl/N-ethyl adjacent to an activating group) is 1. The molecule has 10 heteroatoms. The average Bonchev–Trinajstić information content (AvgIpc) is 3.40. The first-order chi connectivity index (χ1) is 17.8. The van der Waals surface area contributed by atoms with Crippen LogP contribution in [0.2, 0.25) is 10.0 Å². The summed E-state index contributed by atoms with van der Waals surface area (Å²) in [5, 5.41) is 3.56. The predicted octanol–water partition coefficient (Wildman–Crippen LogP) is 4.62. The summed E-state index contributed by atoms with van der Waals surface area (Å²) in [6, 6.07) is 4.10. The summed E-state index contributed by atoms with van der Waals surface area (Å²) >= 11 is 12.8. The summed E-state index contributed by atoms with van der Waals surface area (Å²) in [7, 11) is 0. The average molecular weight is 552 g/mol. The largest absolute Gasteiger partial charge is 0.463 e. The number of ether oxygens (including phenoxy) is 1. The number of urea groups is 1. The molecule has 1 aromatic carbocycles. The molecule has 2 aliphatic heterocycles. The van der Waals surface area contributed by atoms with Crippen molar-refractivity contribution in [3.63, 3.8) is 0 Å². The van der Waals surface area contributed by atoms with Crippen molar-refractivity contribution in [2.45, 2.75) is 58.5 Å². The van der Waals surface area contributed by atoms with Gasteiger partial charge in [-0.25, -0.2) is 9.59 Å². The molecule has 0 unspecified atom stereocenters. The fraction of sp³-hybridized carbons (Fsp3) is 0.593. The van der Waals surface area contributed by atoms with Gasteiger partial charge in [0.05, 0.1) is 28.3 Å². The van der Waals surface area contributed by atoms with Crippen LogP contribution in [0.4, 0.5) is 4.79 Å². The molecule has 2 fully saturated rings. The molecule has 0 radical (unpaired) electrons. The lowest BCUT2D eigenvalue weighted by Gasteiger charge is -2.43. The third kappa shape index (κ3) is 5.76. The fourth-order valence-electron chi connectivity index (χ4n) is 5.76. The lowest BCUT2D eigenvalue weighted by molar-refractivity contribution is -0.140. The first kappa shape index (κ1) is 27.7. The summed E-state index contributed by atoms with van der Waals surface area (Å²) < 4.78 is 5.46. The Kier molecular flexibility index (Phi) is 9.03. The summed E-state index contributed by atoms with van der Waals surface area (Å²) in [6.07, 6.45) is 4.22. The van der Waals surface area contributed by atoms with Crippen LogP contribution < -0.4 is 5.32 Å². The smallest absolute Gasteiger partial charge is 0.338 e. The first-order valence-corrected chi connectivity index (χ1v) is 14.0. The second kappa shape index (κ2) is 12.0. The zero-order chi connectivity index (χ0) is 26.7. The maximum atomic E-state index is 13.3. The molecule has 1 aliphatic carbocycles. The van der Waals surface area contributed by atoms with Gasteiger partial charge in [0.2, 0.25) is 5.91 Å². The van der Waals surface area contributed by atoms with Crippen LogP contribution in [-0.2, 0) is 14.3 Å². The van der Waals surface area contributed by atoms with Gasteiger partial charge in [-0.15, -0.1) is 0 Å². The quantitative estimate of drug-likeness (QED) is 0.501. The Hall–Kier alpha value is -2.29. The number of hydrogen-bond donors (Lipinski definition) is 1. The maximum absolute atomic E-state index is 13.3. The molecular weight excluding hydrogens is 515 g/mol. The Morgan fingerprint density at radius 3 is 2.51 bits per heavy atom. The van der Waals surface area contributed by atoms with E-state index in [9.17, 15) is 14.4 Å². The molecule has 0 bridgehead atoms. The SMILES string of the molecule is CCOC(=O)C1=C(CN2CCN(C(=O)C3CCCC3)[C@H](C)C2)N(CC)C(=O)N[C@@H]1c1cccc(Cl)c1Cl. The Bertz CT molecular complexity index is 1070. The molecule has 202 valence electrons. The van der Waals surface area contributed by atoms with Crippen molar-refractivity contribution in [3.05, 3.63) is 45.1 Å².